The van der Waals surface area contributed by atoms with Crippen molar-refractivity contribution in [3.8, 4) is 0 Å². The molecule has 0 spiro atoms. The van der Waals surface area contributed by atoms with E-state index < -0.39 is 17.6 Å². The number of carbonyl (C=O) groups excluding carboxylic acids is 1. The van der Waals surface area contributed by atoms with Crippen LogP contribution in [0.5, 0.6) is 0 Å². The molecule has 0 bridgehead atoms. The molecule has 0 fully saturated rings. The van der Waals surface area contributed by atoms with Gasteiger partial charge in [-0.1, -0.05) is 6.07 Å². The number of amides is 1. The number of alkyl halides is 3. The van der Waals surface area contributed by atoms with E-state index in [0.717, 1.165) is 35.2 Å². The molecule has 0 unspecified atom stereocenters. The number of carbonyl (C=O) groups is 1. The Hall–Kier alpha value is -2.76. The number of benzene rings is 2. The third-order valence-electron chi connectivity index (χ3n) is 3.32. The van der Waals surface area contributed by atoms with Crippen LogP contribution in [0, 0.1) is 0 Å². The first-order chi connectivity index (χ1) is 10.4. The average molecular weight is 304 g/mol. The number of H-pyrrole nitrogens is 1. The summed E-state index contributed by atoms with van der Waals surface area (Å²) in [4.78, 5) is 15.2. The fourth-order valence-electron chi connectivity index (χ4n) is 2.20. The second-order valence-corrected chi connectivity index (χ2v) is 4.77. The summed E-state index contributed by atoms with van der Waals surface area (Å²) >= 11 is 0. The molecule has 112 valence electrons. The summed E-state index contributed by atoms with van der Waals surface area (Å²) in [7, 11) is 0. The first-order valence-electron chi connectivity index (χ1n) is 6.50. The van der Waals surface area contributed by atoms with E-state index in [9.17, 15) is 18.0 Å². The molecule has 1 heterocycles. The SMILES string of the molecule is O=C(Nc1cccc2[nH]ccc12)c1ccc(C(F)(F)F)cc1. The number of anilines is 1. The van der Waals surface area contributed by atoms with Gasteiger partial charge < -0.3 is 10.3 Å². The lowest BCUT2D eigenvalue weighted by atomic mass is 10.1. The highest BCUT2D eigenvalue weighted by Gasteiger charge is 2.30. The summed E-state index contributed by atoms with van der Waals surface area (Å²) < 4.78 is 37.5. The Balaban J connectivity index is 1.84. The Bertz CT molecular complexity index is 819. The van der Waals surface area contributed by atoms with E-state index in [1.165, 1.54) is 0 Å². The zero-order valence-corrected chi connectivity index (χ0v) is 11.2. The van der Waals surface area contributed by atoms with Gasteiger partial charge in [-0.15, -0.1) is 0 Å². The molecule has 0 radical (unpaired) electrons. The zero-order valence-electron chi connectivity index (χ0n) is 11.2. The highest BCUT2D eigenvalue weighted by atomic mass is 19.4. The molecule has 2 aromatic carbocycles. The van der Waals surface area contributed by atoms with Crippen LogP contribution in [0.3, 0.4) is 0 Å². The topological polar surface area (TPSA) is 44.9 Å². The van der Waals surface area contributed by atoms with Gasteiger partial charge in [0.05, 0.1) is 11.3 Å². The predicted molar refractivity (Wildman–Crippen MR) is 77.7 cm³/mol. The summed E-state index contributed by atoms with van der Waals surface area (Å²) in [6.45, 7) is 0. The number of hydrogen-bond acceptors (Lipinski definition) is 1. The summed E-state index contributed by atoms with van der Waals surface area (Å²) in [5.41, 5.74) is 0.853. The zero-order chi connectivity index (χ0) is 15.7. The van der Waals surface area contributed by atoms with Crippen molar-refractivity contribution in [3.63, 3.8) is 0 Å². The second-order valence-electron chi connectivity index (χ2n) is 4.77. The first kappa shape index (κ1) is 14.2. The molecule has 3 nitrogen and oxygen atoms in total. The van der Waals surface area contributed by atoms with Crippen LogP contribution in [0.4, 0.5) is 18.9 Å². The highest BCUT2D eigenvalue weighted by molar-refractivity contribution is 6.08. The lowest BCUT2D eigenvalue weighted by Crippen LogP contribution is -2.13. The summed E-state index contributed by atoms with van der Waals surface area (Å²) in [6.07, 6.45) is -2.66. The number of rotatable bonds is 2. The molecule has 0 saturated heterocycles. The van der Waals surface area contributed by atoms with Crippen molar-refractivity contribution in [2.24, 2.45) is 0 Å². The van der Waals surface area contributed by atoms with Crippen LogP contribution in [0.15, 0.2) is 54.7 Å². The summed E-state index contributed by atoms with van der Waals surface area (Å²) in [5, 5.41) is 3.54. The van der Waals surface area contributed by atoms with Crippen LogP contribution in [0.2, 0.25) is 0 Å². The molecular weight excluding hydrogens is 293 g/mol. The fraction of sp³-hybridized carbons (Fsp3) is 0.0625. The van der Waals surface area contributed by atoms with E-state index in [-0.39, 0.29) is 5.56 Å². The van der Waals surface area contributed by atoms with Crippen molar-refractivity contribution >= 4 is 22.5 Å². The Morgan fingerprint density at radius 2 is 1.73 bits per heavy atom. The number of halogens is 3. The van der Waals surface area contributed by atoms with Crippen LogP contribution >= 0.6 is 0 Å². The van der Waals surface area contributed by atoms with Crippen molar-refractivity contribution in [3.05, 3.63) is 65.9 Å². The molecule has 0 aliphatic heterocycles. The average Bonchev–Trinajstić information content (AvgIpc) is 2.96. The van der Waals surface area contributed by atoms with Gasteiger partial charge in [0.2, 0.25) is 0 Å². The van der Waals surface area contributed by atoms with Crippen molar-refractivity contribution in [1.82, 2.24) is 4.98 Å². The van der Waals surface area contributed by atoms with Gasteiger partial charge >= 0.3 is 6.18 Å². The number of hydrogen-bond donors (Lipinski definition) is 2. The van der Waals surface area contributed by atoms with E-state index in [1.807, 2.05) is 12.1 Å². The monoisotopic (exact) mass is 304 g/mol. The van der Waals surface area contributed by atoms with Crippen molar-refractivity contribution in [1.29, 1.82) is 0 Å². The largest absolute Gasteiger partial charge is 0.416 e. The van der Waals surface area contributed by atoms with E-state index in [0.29, 0.717) is 5.69 Å². The van der Waals surface area contributed by atoms with Gasteiger partial charge in [-0.2, -0.15) is 13.2 Å². The van der Waals surface area contributed by atoms with Crippen molar-refractivity contribution < 1.29 is 18.0 Å². The van der Waals surface area contributed by atoms with Crippen molar-refractivity contribution in [2.75, 3.05) is 5.32 Å². The summed E-state index contributed by atoms with van der Waals surface area (Å²) in [5.74, 6) is -0.456. The van der Waals surface area contributed by atoms with Gasteiger partial charge in [-0.05, 0) is 42.5 Å². The van der Waals surface area contributed by atoms with Crippen LogP contribution in [-0.2, 0) is 6.18 Å². The fourth-order valence-corrected chi connectivity index (χ4v) is 2.20. The molecule has 3 aromatic rings. The van der Waals surface area contributed by atoms with E-state index >= 15 is 0 Å². The molecule has 22 heavy (non-hydrogen) atoms. The molecule has 0 aliphatic carbocycles. The molecular formula is C16H11F3N2O. The van der Waals surface area contributed by atoms with E-state index in [4.69, 9.17) is 0 Å². The maximum absolute atomic E-state index is 12.5. The molecule has 0 atom stereocenters. The molecule has 0 saturated carbocycles. The molecule has 6 heteroatoms. The van der Waals surface area contributed by atoms with E-state index in [1.54, 1.807) is 18.3 Å². The predicted octanol–water partition coefficient (Wildman–Crippen LogP) is 4.44. The maximum atomic E-state index is 12.5. The molecule has 3 rings (SSSR count). The minimum Gasteiger partial charge on any atom is -0.361 e. The minimum absolute atomic E-state index is 0.167. The van der Waals surface area contributed by atoms with Crippen LogP contribution in [0.25, 0.3) is 10.9 Å². The molecule has 0 aliphatic rings. The van der Waals surface area contributed by atoms with Crippen LogP contribution < -0.4 is 5.32 Å². The van der Waals surface area contributed by atoms with Crippen LogP contribution in [0.1, 0.15) is 15.9 Å². The second kappa shape index (κ2) is 5.22. The lowest BCUT2D eigenvalue weighted by Gasteiger charge is -2.09. The molecule has 2 N–H and O–H groups in total. The standard InChI is InChI=1S/C16H11F3N2O/c17-16(18,19)11-6-4-10(5-7-11)15(22)21-14-3-1-2-13-12(14)8-9-20-13/h1-9,20H,(H,21,22). The molecule has 1 amide bonds. The third kappa shape index (κ3) is 2.67. The minimum atomic E-state index is -4.41. The van der Waals surface area contributed by atoms with Gasteiger partial charge in [-0.3, -0.25) is 4.79 Å². The number of nitrogens with one attached hydrogen (secondary N) is 2. The Kier molecular flexibility index (Phi) is 3.36. The number of aromatic nitrogens is 1. The first-order valence-corrected chi connectivity index (χ1v) is 6.50. The van der Waals surface area contributed by atoms with Gasteiger partial charge in [0.1, 0.15) is 0 Å². The maximum Gasteiger partial charge on any atom is 0.416 e. The summed E-state index contributed by atoms with van der Waals surface area (Å²) in [6, 6.07) is 11.3. The quantitative estimate of drug-likeness (QED) is 0.722. The van der Waals surface area contributed by atoms with Gasteiger partial charge in [-0.25, -0.2) is 0 Å². The Labute approximate surface area is 123 Å². The number of fused-ring (bicyclic) bond motifs is 1. The smallest absolute Gasteiger partial charge is 0.361 e. The van der Waals surface area contributed by atoms with Gasteiger partial charge in [0.25, 0.3) is 5.91 Å². The van der Waals surface area contributed by atoms with E-state index in [2.05, 4.69) is 10.3 Å². The van der Waals surface area contributed by atoms with Gasteiger partial charge in [0, 0.05) is 22.7 Å². The Morgan fingerprint density at radius 1 is 1.00 bits per heavy atom. The lowest BCUT2D eigenvalue weighted by molar-refractivity contribution is -0.137. The third-order valence-corrected chi connectivity index (χ3v) is 3.32. The van der Waals surface area contributed by atoms with Crippen molar-refractivity contribution in [2.45, 2.75) is 6.18 Å². The normalized spacial score (nSPS) is 11.6. The van der Waals surface area contributed by atoms with Gasteiger partial charge in [0.15, 0.2) is 0 Å². The number of aromatic amines is 1. The molecule has 1 aromatic heterocycles. The highest BCUT2D eigenvalue weighted by Crippen LogP contribution is 2.29. The Morgan fingerprint density at radius 3 is 2.41 bits per heavy atom. The van der Waals surface area contributed by atoms with Crippen LogP contribution in [-0.4, -0.2) is 10.9 Å².